The van der Waals surface area contributed by atoms with Crippen LogP contribution >= 0.6 is 0 Å². The fourth-order valence-corrected chi connectivity index (χ4v) is 1.66. The monoisotopic (exact) mass is 214 g/mol. The second kappa shape index (κ2) is 4.35. The van der Waals surface area contributed by atoms with Crippen LogP contribution in [-0.2, 0) is 6.42 Å². The first-order valence-corrected chi connectivity index (χ1v) is 5.34. The van der Waals surface area contributed by atoms with E-state index in [9.17, 15) is 4.79 Å². The zero-order chi connectivity index (χ0) is 12.3. The van der Waals surface area contributed by atoms with E-state index in [4.69, 9.17) is 1.37 Å². The summed E-state index contributed by atoms with van der Waals surface area (Å²) >= 11 is 0. The quantitative estimate of drug-likeness (QED) is 0.753. The van der Waals surface area contributed by atoms with Crippen LogP contribution in [0.15, 0.2) is 47.4 Å². The normalized spacial score (nSPS) is 11.2. The van der Waals surface area contributed by atoms with Crippen molar-refractivity contribution in [1.29, 1.82) is 0 Å². The van der Waals surface area contributed by atoms with Crippen molar-refractivity contribution < 1.29 is 1.37 Å². The predicted octanol–water partition coefficient (Wildman–Crippen LogP) is 2.71. The van der Waals surface area contributed by atoms with Gasteiger partial charge in [0.2, 0.25) is 0 Å². The van der Waals surface area contributed by atoms with Gasteiger partial charge in [-0.15, -0.1) is 0 Å². The first-order valence-electron chi connectivity index (χ1n) is 6.05. The number of nitrogens with zero attached hydrogens (tertiary/aromatic N) is 1. The van der Waals surface area contributed by atoms with Gasteiger partial charge in [0.15, 0.2) is 0 Å². The Morgan fingerprint density at radius 2 is 2.19 bits per heavy atom. The zero-order valence-corrected chi connectivity index (χ0v) is 9.31. The summed E-state index contributed by atoms with van der Waals surface area (Å²) in [6.45, 7) is 2.27. The zero-order valence-electron chi connectivity index (χ0n) is 10.3. The molecule has 1 heterocycles. The van der Waals surface area contributed by atoms with Crippen LogP contribution in [0.25, 0.3) is 5.69 Å². The van der Waals surface area contributed by atoms with E-state index in [0.29, 0.717) is 0 Å². The van der Waals surface area contributed by atoms with E-state index in [1.54, 1.807) is 16.8 Å². The molecule has 0 saturated heterocycles. The summed E-state index contributed by atoms with van der Waals surface area (Å²) in [6, 6.07) is 11.1. The first-order chi connectivity index (χ1) is 8.24. The lowest BCUT2D eigenvalue weighted by Crippen LogP contribution is -2.16. The average molecular weight is 214 g/mol. The van der Waals surface area contributed by atoms with Crippen molar-refractivity contribution in [3.05, 3.63) is 64.1 Å². The first kappa shape index (κ1) is 9.40. The Morgan fingerprint density at radius 3 is 2.94 bits per heavy atom. The van der Waals surface area contributed by atoms with Gasteiger partial charge in [-0.3, -0.25) is 9.36 Å². The fourth-order valence-electron chi connectivity index (χ4n) is 1.66. The molecule has 16 heavy (non-hydrogen) atoms. The molecule has 0 unspecified atom stereocenters. The molecule has 0 N–H and O–H groups in total. The Morgan fingerprint density at radius 1 is 1.31 bits per heavy atom. The van der Waals surface area contributed by atoms with Crippen LogP contribution in [0.1, 0.15) is 19.4 Å². The number of benzene rings is 1. The molecule has 0 aliphatic heterocycles. The standard InChI is InChI=1S/C14H15NO/c1-3-12-5-4-6-13(9-12)15-10-11(2)7-8-14(15)16/h4-10H,3H2,1-2H3/i2D. The Bertz CT molecular complexity index is 574. The average Bonchev–Trinajstić information content (AvgIpc) is 2.39. The van der Waals surface area contributed by atoms with Gasteiger partial charge >= 0.3 is 0 Å². The molecule has 0 bridgehead atoms. The smallest absolute Gasteiger partial charge is 0.255 e. The maximum Gasteiger partial charge on any atom is 0.255 e. The number of aromatic nitrogens is 1. The van der Waals surface area contributed by atoms with Crippen molar-refractivity contribution in [2.45, 2.75) is 20.2 Å². The Hall–Kier alpha value is -1.83. The number of aryl methyl sites for hydroxylation is 2. The van der Waals surface area contributed by atoms with E-state index in [-0.39, 0.29) is 12.5 Å². The number of rotatable bonds is 2. The molecule has 2 heteroatoms. The molecule has 0 amide bonds. The minimum Gasteiger partial charge on any atom is -0.284 e. The molecule has 0 aliphatic rings. The molecule has 0 aliphatic carbocycles. The van der Waals surface area contributed by atoms with Crippen molar-refractivity contribution in [3.8, 4) is 5.69 Å². The summed E-state index contributed by atoms with van der Waals surface area (Å²) < 4.78 is 8.94. The highest BCUT2D eigenvalue weighted by atomic mass is 16.1. The van der Waals surface area contributed by atoms with E-state index >= 15 is 0 Å². The number of pyridine rings is 1. The van der Waals surface area contributed by atoms with Gasteiger partial charge in [0.05, 0.1) is 0 Å². The molecule has 0 saturated carbocycles. The summed E-state index contributed by atoms with van der Waals surface area (Å²) in [5, 5.41) is 0. The van der Waals surface area contributed by atoms with E-state index in [2.05, 4.69) is 6.92 Å². The Balaban J connectivity index is 2.55. The molecule has 1 aromatic heterocycles. The second-order valence-electron chi connectivity index (χ2n) is 3.77. The van der Waals surface area contributed by atoms with Gasteiger partial charge in [-0.2, -0.15) is 0 Å². The fraction of sp³-hybridized carbons (Fsp3) is 0.214. The largest absolute Gasteiger partial charge is 0.284 e. The van der Waals surface area contributed by atoms with Gasteiger partial charge in [-0.25, -0.2) is 0 Å². The van der Waals surface area contributed by atoms with Gasteiger partial charge in [0.1, 0.15) is 0 Å². The number of hydrogen-bond donors (Lipinski definition) is 0. The highest BCUT2D eigenvalue weighted by molar-refractivity contribution is 5.36. The van der Waals surface area contributed by atoms with Gasteiger partial charge in [-0.05, 0) is 36.6 Å². The van der Waals surface area contributed by atoms with Crippen molar-refractivity contribution in [3.63, 3.8) is 0 Å². The maximum atomic E-state index is 11.8. The van der Waals surface area contributed by atoms with E-state index < -0.39 is 0 Å². The third kappa shape index (κ3) is 2.06. The highest BCUT2D eigenvalue weighted by Gasteiger charge is 2.00. The maximum absolute atomic E-state index is 11.8. The van der Waals surface area contributed by atoms with Crippen molar-refractivity contribution in [2.75, 3.05) is 0 Å². The Labute approximate surface area is 96.6 Å². The molecular formula is C14H15NO. The Kier molecular flexibility index (Phi) is 2.56. The van der Waals surface area contributed by atoms with Gasteiger partial charge < -0.3 is 0 Å². The summed E-state index contributed by atoms with van der Waals surface area (Å²) in [7, 11) is 0. The van der Waals surface area contributed by atoms with Gasteiger partial charge in [-0.1, -0.05) is 25.1 Å². The summed E-state index contributed by atoms with van der Waals surface area (Å²) in [4.78, 5) is 11.8. The van der Waals surface area contributed by atoms with Crippen LogP contribution in [0.5, 0.6) is 0 Å². The second-order valence-corrected chi connectivity index (χ2v) is 3.77. The van der Waals surface area contributed by atoms with E-state index in [1.165, 1.54) is 11.6 Å². The van der Waals surface area contributed by atoms with Crippen molar-refractivity contribution >= 4 is 0 Å². The molecule has 2 nitrogen and oxygen atoms in total. The van der Waals surface area contributed by atoms with Gasteiger partial charge in [0, 0.05) is 19.3 Å². The summed E-state index contributed by atoms with van der Waals surface area (Å²) in [6.07, 6.45) is 2.69. The van der Waals surface area contributed by atoms with Crippen LogP contribution in [0.2, 0.25) is 0 Å². The summed E-state index contributed by atoms with van der Waals surface area (Å²) in [5.41, 5.74) is 2.84. The van der Waals surface area contributed by atoms with Crippen LogP contribution in [0, 0.1) is 6.90 Å². The van der Waals surface area contributed by atoms with Crippen LogP contribution in [-0.4, -0.2) is 4.57 Å². The molecule has 82 valence electrons. The molecule has 2 aromatic rings. The van der Waals surface area contributed by atoms with Crippen molar-refractivity contribution in [1.82, 2.24) is 4.57 Å². The summed E-state index contributed by atoms with van der Waals surface area (Å²) in [5.74, 6) is 0. The van der Waals surface area contributed by atoms with Crippen LogP contribution in [0.4, 0.5) is 0 Å². The lowest BCUT2D eigenvalue weighted by molar-refractivity contribution is 0.969. The lowest BCUT2D eigenvalue weighted by atomic mass is 10.1. The third-order valence-corrected chi connectivity index (χ3v) is 2.57. The minimum atomic E-state index is -0.0598. The predicted molar refractivity (Wildman–Crippen MR) is 66.2 cm³/mol. The molecule has 2 rings (SSSR count). The SMILES string of the molecule is [2H]Cc1ccc(=O)n(-c2cccc(CC)c2)c1. The number of hydrogen-bond acceptors (Lipinski definition) is 1. The van der Waals surface area contributed by atoms with Crippen molar-refractivity contribution in [2.24, 2.45) is 0 Å². The van der Waals surface area contributed by atoms with E-state index in [1.807, 2.05) is 24.3 Å². The third-order valence-electron chi connectivity index (χ3n) is 2.57. The van der Waals surface area contributed by atoms with Gasteiger partial charge in [0.25, 0.3) is 5.56 Å². The molecule has 0 spiro atoms. The lowest BCUT2D eigenvalue weighted by Gasteiger charge is -2.07. The topological polar surface area (TPSA) is 22.0 Å². The molecular weight excluding hydrogens is 198 g/mol. The minimum absolute atomic E-state index is 0.0598. The van der Waals surface area contributed by atoms with E-state index in [0.717, 1.165) is 17.7 Å². The molecule has 0 fully saturated rings. The highest BCUT2D eigenvalue weighted by Crippen LogP contribution is 2.09. The molecule has 1 aromatic carbocycles. The van der Waals surface area contributed by atoms with Crippen LogP contribution < -0.4 is 5.56 Å². The molecule has 0 atom stereocenters. The molecule has 0 radical (unpaired) electrons. The van der Waals surface area contributed by atoms with Crippen LogP contribution in [0.3, 0.4) is 0 Å².